The molecular formula is C11H14BrFN2O. The largest absolute Gasteiger partial charge is 0.356 e. The summed E-state index contributed by atoms with van der Waals surface area (Å²) in [5.41, 5.74) is 5.81. The zero-order valence-electron chi connectivity index (χ0n) is 8.80. The first-order valence-electron chi connectivity index (χ1n) is 5.04. The smallest absolute Gasteiger partial charge is 0.221 e. The standard InChI is InChI=1S/C11H14BrFN2O/c12-9-1-2-10(13)8(7-9)4-6-15-11(16)3-5-14/h1-2,7H,3-6,14H2,(H,15,16). The van der Waals surface area contributed by atoms with Crippen LogP contribution >= 0.6 is 15.9 Å². The van der Waals surface area contributed by atoms with Crippen molar-refractivity contribution < 1.29 is 9.18 Å². The molecule has 0 fully saturated rings. The van der Waals surface area contributed by atoms with Crippen LogP contribution in [0.2, 0.25) is 0 Å². The molecule has 0 aromatic heterocycles. The summed E-state index contributed by atoms with van der Waals surface area (Å²) < 4.78 is 14.1. The SMILES string of the molecule is NCCC(=O)NCCc1cc(Br)ccc1F. The number of rotatable bonds is 5. The Morgan fingerprint density at radius 3 is 2.94 bits per heavy atom. The van der Waals surface area contributed by atoms with Gasteiger partial charge >= 0.3 is 0 Å². The van der Waals surface area contributed by atoms with E-state index in [0.717, 1.165) is 4.47 Å². The van der Waals surface area contributed by atoms with E-state index in [9.17, 15) is 9.18 Å². The summed E-state index contributed by atoms with van der Waals surface area (Å²) >= 11 is 3.27. The van der Waals surface area contributed by atoms with Gasteiger partial charge in [0.1, 0.15) is 5.82 Å². The van der Waals surface area contributed by atoms with E-state index < -0.39 is 0 Å². The van der Waals surface area contributed by atoms with Crippen LogP contribution in [-0.4, -0.2) is 19.0 Å². The molecule has 0 unspecified atom stereocenters. The quantitative estimate of drug-likeness (QED) is 0.865. The van der Waals surface area contributed by atoms with E-state index in [4.69, 9.17) is 5.73 Å². The molecule has 16 heavy (non-hydrogen) atoms. The first-order chi connectivity index (χ1) is 7.63. The van der Waals surface area contributed by atoms with Crippen molar-refractivity contribution in [3.63, 3.8) is 0 Å². The molecule has 0 spiro atoms. The summed E-state index contributed by atoms with van der Waals surface area (Å²) in [7, 11) is 0. The van der Waals surface area contributed by atoms with Crippen molar-refractivity contribution in [1.29, 1.82) is 0 Å². The predicted octanol–water partition coefficient (Wildman–Crippen LogP) is 1.60. The van der Waals surface area contributed by atoms with Crippen LogP contribution < -0.4 is 11.1 Å². The second-order valence-electron chi connectivity index (χ2n) is 3.37. The van der Waals surface area contributed by atoms with E-state index >= 15 is 0 Å². The fourth-order valence-corrected chi connectivity index (χ4v) is 1.70. The Balaban J connectivity index is 2.42. The molecule has 0 bridgehead atoms. The third-order valence-electron chi connectivity index (χ3n) is 2.10. The minimum atomic E-state index is -0.253. The highest BCUT2D eigenvalue weighted by molar-refractivity contribution is 9.10. The molecule has 1 aromatic carbocycles. The van der Waals surface area contributed by atoms with Gasteiger partial charge in [-0.25, -0.2) is 4.39 Å². The average Bonchev–Trinajstić information content (AvgIpc) is 2.23. The first-order valence-corrected chi connectivity index (χ1v) is 5.83. The Morgan fingerprint density at radius 2 is 2.25 bits per heavy atom. The first kappa shape index (κ1) is 13.1. The van der Waals surface area contributed by atoms with E-state index in [1.165, 1.54) is 6.07 Å². The van der Waals surface area contributed by atoms with Crippen LogP contribution in [0, 0.1) is 5.82 Å². The highest BCUT2D eigenvalue weighted by Crippen LogP contribution is 2.15. The van der Waals surface area contributed by atoms with Gasteiger partial charge in [-0.3, -0.25) is 4.79 Å². The molecule has 0 heterocycles. The monoisotopic (exact) mass is 288 g/mol. The van der Waals surface area contributed by atoms with Crippen molar-refractivity contribution in [2.75, 3.05) is 13.1 Å². The molecule has 0 aliphatic rings. The molecule has 5 heteroatoms. The summed E-state index contributed by atoms with van der Waals surface area (Å²) in [4.78, 5) is 11.1. The highest BCUT2D eigenvalue weighted by Gasteiger charge is 2.04. The Labute approximate surface area is 102 Å². The molecule has 0 aliphatic heterocycles. The molecule has 1 amide bonds. The zero-order valence-corrected chi connectivity index (χ0v) is 10.4. The Morgan fingerprint density at radius 1 is 1.50 bits per heavy atom. The summed E-state index contributed by atoms with van der Waals surface area (Å²) in [5.74, 6) is -0.353. The number of carbonyl (C=O) groups is 1. The van der Waals surface area contributed by atoms with Crippen LogP contribution in [-0.2, 0) is 11.2 Å². The van der Waals surface area contributed by atoms with E-state index in [1.807, 2.05) is 0 Å². The van der Waals surface area contributed by atoms with Gasteiger partial charge in [0.25, 0.3) is 0 Å². The molecule has 1 rings (SSSR count). The van der Waals surface area contributed by atoms with Crippen LogP contribution in [0.4, 0.5) is 4.39 Å². The molecule has 0 saturated carbocycles. The van der Waals surface area contributed by atoms with Gasteiger partial charge in [0, 0.05) is 24.0 Å². The van der Waals surface area contributed by atoms with Crippen molar-refractivity contribution >= 4 is 21.8 Å². The van der Waals surface area contributed by atoms with Crippen molar-refractivity contribution in [2.24, 2.45) is 5.73 Å². The van der Waals surface area contributed by atoms with Gasteiger partial charge in [-0.1, -0.05) is 15.9 Å². The van der Waals surface area contributed by atoms with Crippen LogP contribution in [0.15, 0.2) is 22.7 Å². The lowest BCUT2D eigenvalue weighted by Crippen LogP contribution is -2.27. The second kappa shape index (κ2) is 6.60. The topological polar surface area (TPSA) is 55.1 Å². The van der Waals surface area contributed by atoms with Gasteiger partial charge in [-0.05, 0) is 30.2 Å². The molecule has 0 aliphatic carbocycles. The number of nitrogens with two attached hydrogens (primary N) is 1. The van der Waals surface area contributed by atoms with Gasteiger partial charge in [0.05, 0.1) is 0 Å². The summed E-state index contributed by atoms with van der Waals surface area (Å²) in [5, 5.41) is 2.68. The van der Waals surface area contributed by atoms with Gasteiger partial charge in [-0.15, -0.1) is 0 Å². The van der Waals surface area contributed by atoms with Crippen molar-refractivity contribution in [2.45, 2.75) is 12.8 Å². The lowest BCUT2D eigenvalue weighted by atomic mass is 10.1. The van der Waals surface area contributed by atoms with Crippen molar-refractivity contribution in [3.05, 3.63) is 34.1 Å². The zero-order chi connectivity index (χ0) is 12.0. The summed E-state index contributed by atoms with van der Waals surface area (Å²) in [6.07, 6.45) is 0.780. The third kappa shape index (κ3) is 4.28. The number of hydrogen-bond donors (Lipinski definition) is 2. The number of hydrogen-bond acceptors (Lipinski definition) is 2. The third-order valence-corrected chi connectivity index (χ3v) is 2.59. The fourth-order valence-electron chi connectivity index (χ4n) is 1.29. The summed E-state index contributed by atoms with van der Waals surface area (Å²) in [6, 6.07) is 4.76. The normalized spacial score (nSPS) is 10.2. The second-order valence-corrected chi connectivity index (χ2v) is 4.29. The Hall–Kier alpha value is -0.940. The van der Waals surface area contributed by atoms with Gasteiger partial charge in [0.2, 0.25) is 5.91 Å². The molecule has 0 saturated heterocycles. The van der Waals surface area contributed by atoms with E-state index in [1.54, 1.807) is 12.1 Å². The predicted molar refractivity (Wildman–Crippen MR) is 64.5 cm³/mol. The van der Waals surface area contributed by atoms with Crippen LogP contribution in [0.1, 0.15) is 12.0 Å². The van der Waals surface area contributed by atoms with Gasteiger partial charge in [0.15, 0.2) is 0 Å². The minimum absolute atomic E-state index is 0.0992. The van der Waals surface area contributed by atoms with Gasteiger partial charge in [-0.2, -0.15) is 0 Å². The molecular weight excluding hydrogens is 275 g/mol. The molecule has 3 N–H and O–H groups in total. The lowest BCUT2D eigenvalue weighted by molar-refractivity contribution is -0.120. The lowest BCUT2D eigenvalue weighted by Gasteiger charge is -2.06. The number of amides is 1. The van der Waals surface area contributed by atoms with Crippen LogP contribution in [0.5, 0.6) is 0 Å². The van der Waals surface area contributed by atoms with E-state index in [0.29, 0.717) is 31.5 Å². The summed E-state index contributed by atoms with van der Waals surface area (Å²) in [6.45, 7) is 0.753. The van der Waals surface area contributed by atoms with Gasteiger partial charge < -0.3 is 11.1 Å². The maximum atomic E-state index is 13.3. The van der Waals surface area contributed by atoms with Crippen LogP contribution in [0.25, 0.3) is 0 Å². The Kier molecular flexibility index (Phi) is 5.42. The van der Waals surface area contributed by atoms with Crippen molar-refractivity contribution in [3.8, 4) is 0 Å². The Bertz CT molecular complexity index is 371. The maximum absolute atomic E-state index is 13.3. The molecule has 0 radical (unpaired) electrons. The molecule has 88 valence electrons. The molecule has 0 atom stereocenters. The maximum Gasteiger partial charge on any atom is 0.221 e. The highest BCUT2D eigenvalue weighted by atomic mass is 79.9. The molecule has 1 aromatic rings. The number of carbonyl (C=O) groups excluding carboxylic acids is 1. The van der Waals surface area contributed by atoms with E-state index in [2.05, 4.69) is 21.2 Å². The van der Waals surface area contributed by atoms with Crippen molar-refractivity contribution in [1.82, 2.24) is 5.32 Å². The van der Waals surface area contributed by atoms with Crippen LogP contribution in [0.3, 0.4) is 0 Å². The molecule has 3 nitrogen and oxygen atoms in total. The number of benzene rings is 1. The fraction of sp³-hybridized carbons (Fsp3) is 0.364. The minimum Gasteiger partial charge on any atom is -0.356 e. The van der Waals surface area contributed by atoms with E-state index in [-0.39, 0.29) is 11.7 Å². The average molecular weight is 289 g/mol. The number of halogens is 2. The number of nitrogens with one attached hydrogen (secondary N) is 1.